The van der Waals surface area contributed by atoms with Crippen LogP contribution in [-0.4, -0.2) is 122 Å². The predicted molar refractivity (Wildman–Crippen MR) is 203 cm³/mol. The van der Waals surface area contributed by atoms with E-state index in [0.717, 1.165) is 4.90 Å². The van der Waals surface area contributed by atoms with Gasteiger partial charge >= 0.3 is 5.97 Å². The summed E-state index contributed by atoms with van der Waals surface area (Å²) in [5.74, 6) is -7.80. The number of cyclic esters (lactones) is 1. The second kappa shape index (κ2) is 19.8. The van der Waals surface area contributed by atoms with Gasteiger partial charge < -0.3 is 44.6 Å². The summed E-state index contributed by atoms with van der Waals surface area (Å²) in [7, 11) is 1.47. The first-order valence-corrected chi connectivity index (χ1v) is 20.4. The second-order valence-corrected chi connectivity index (χ2v) is 17.3. The molecule has 0 aromatic carbocycles. The number of ether oxygens (including phenoxy) is 3. The van der Waals surface area contributed by atoms with Crippen molar-refractivity contribution in [3.8, 4) is 0 Å². The lowest BCUT2D eigenvalue weighted by molar-refractivity contribution is -0.225. The van der Waals surface area contributed by atoms with Crippen molar-refractivity contribution in [2.45, 2.75) is 166 Å². The Kier molecular flexibility index (Phi) is 16.2. The molecule has 4 fully saturated rings. The summed E-state index contributed by atoms with van der Waals surface area (Å²) < 4.78 is 17.7. The van der Waals surface area contributed by atoms with Crippen molar-refractivity contribution in [2.75, 3.05) is 13.7 Å². The van der Waals surface area contributed by atoms with Crippen LogP contribution in [0.1, 0.15) is 112 Å². The minimum atomic E-state index is -2.53. The SMILES string of the molecule is C=CC[C@@H]1CC(C)C[C@H](C)C[C@H](OC)[C@@H](O)C2C[C@@H](C)[C@@](O)(O2)C(=O)C(=O)N2CCCC[C@H]2C(=O)O[C@H](/C(C)=C/[C@H]2CC[C@@H](O)[C@H](O)C2)[C@H](C)[C@@H](O)CC1=O. The monoisotopic (exact) mass is 777 g/mol. The Morgan fingerprint density at radius 3 is 2.25 bits per heavy atom. The Morgan fingerprint density at radius 1 is 0.909 bits per heavy atom. The fraction of sp³-hybridized carbons (Fsp3) is 0.810. The number of hydrogen-bond donors (Lipinski definition) is 5. The number of aliphatic hydroxyl groups excluding tert-OH is 4. The minimum Gasteiger partial charge on any atom is -0.456 e. The average Bonchev–Trinajstić information content (AvgIpc) is 3.46. The fourth-order valence-corrected chi connectivity index (χ4v) is 9.39. The molecule has 2 bridgehead atoms. The summed E-state index contributed by atoms with van der Waals surface area (Å²) in [6.45, 7) is 13.0. The number of methoxy groups -OCH3 is 1. The van der Waals surface area contributed by atoms with Crippen LogP contribution in [0.3, 0.4) is 0 Å². The number of esters is 1. The number of allylic oxidation sites excluding steroid dienone is 2. The van der Waals surface area contributed by atoms with Gasteiger partial charge in [0.2, 0.25) is 5.79 Å². The molecule has 3 saturated heterocycles. The van der Waals surface area contributed by atoms with Crippen molar-refractivity contribution in [1.82, 2.24) is 4.90 Å². The van der Waals surface area contributed by atoms with Gasteiger partial charge in [-0.25, -0.2) is 4.79 Å². The molecule has 13 nitrogen and oxygen atoms in total. The molecule has 1 aliphatic carbocycles. The highest BCUT2D eigenvalue weighted by Gasteiger charge is 2.57. The number of piperidine rings is 1. The van der Waals surface area contributed by atoms with E-state index in [9.17, 15) is 44.7 Å². The Bertz CT molecular complexity index is 1390. The van der Waals surface area contributed by atoms with E-state index in [1.54, 1.807) is 26.8 Å². The highest BCUT2D eigenvalue weighted by molar-refractivity contribution is 6.39. The van der Waals surface area contributed by atoms with Crippen LogP contribution in [0.4, 0.5) is 0 Å². The standard InChI is InChI=1S/C42H67NO12/c1-8-11-29-17-23(2)16-24(3)18-35(53-7)37(48)36-20-26(5)42(52,55-36)39(49)40(50)43-15-10-9-12-30(43)41(51)54-38(27(6)32(45)22-33(29)46)25(4)19-28-13-14-31(44)34(47)21-28/h8,19,23-24,26-32,34-38,44-45,47-48,52H,1,9-18,20-22H2,2-7H3/b25-19+/t23?,24-,26+,27+,28+,29+,30-,31+,32-,34+,35-,36?,37+,38+,42+/m0/s1. The first-order valence-electron chi connectivity index (χ1n) is 20.4. The molecule has 0 aromatic rings. The molecule has 4 rings (SSSR count). The summed E-state index contributed by atoms with van der Waals surface area (Å²) in [5, 5.41) is 55.1. The van der Waals surface area contributed by atoms with Crippen LogP contribution in [0.2, 0.25) is 0 Å². The van der Waals surface area contributed by atoms with E-state index >= 15 is 0 Å². The smallest absolute Gasteiger partial charge is 0.329 e. The third-order valence-corrected chi connectivity index (χ3v) is 12.7. The van der Waals surface area contributed by atoms with E-state index in [4.69, 9.17) is 14.2 Å². The number of aliphatic hydroxyl groups is 5. The number of rotatable bonds is 5. The molecule has 13 heteroatoms. The number of carbonyl (C=O) groups excluding carboxylic acids is 4. The quantitative estimate of drug-likeness (QED) is 0.155. The van der Waals surface area contributed by atoms with Gasteiger partial charge in [0.25, 0.3) is 11.7 Å². The number of hydrogen-bond acceptors (Lipinski definition) is 12. The zero-order valence-electron chi connectivity index (χ0n) is 33.7. The third kappa shape index (κ3) is 10.9. The highest BCUT2D eigenvalue weighted by atomic mass is 16.7. The molecule has 5 N–H and O–H groups in total. The average molecular weight is 778 g/mol. The number of ketones is 2. The third-order valence-electron chi connectivity index (χ3n) is 12.7. The molecule has 2 unspecified atom stereocenters. The molecule has 0 radical (unpaired) electrons. The first kappa shape index (κ1) is 45.2. The summed E-state index contributed by atoms with van der Waals surface area (Å²) in [6, 6.07) is -1.17. The summed E-state index contributed by atoms with van der Waals surface area (Å²) >= 11 is 0. The van der Waals surface area contributed by atoms with Crippen molar-refractivity contribution in [3.63, 3.8) is 0 Å². The Balaban J connectivity index is 1.71. The van der Waals surface area contributed by atoms with Gasteiger partial charge in [-0.3, -0.25) is 14.4 Å². The Hall–Kier alpha value is -2.52. The molecule has 312 valence electrons. The maximum absolute atomic E-state index is 14.2. The molecule has 1 amide bonds. The lowest BCUT2D eigenvalue weighted by atomic mass is 9.80. The van der Waals surface area contributed by atoms with Gasteiger partial charge in [0.15, 0.2) is 0 Å². The molecule has 0 aromatic heterocycles. The highest BCUT2D eigenvalue weighted by Crippen LogP contribution is 2.39. The maximum Gasteiger partial charge on any atom is 0.329 e. The summed E-state index contributed by atoms with van der Waals surface area (Å²) in [6.07, 6.45) is 1.27. The van der Waals surface area contributed by atoms with E-state index in [1.165, 1.54) is 7.11 Å². The van der Waals surface area contributed by atoms with E-state index in [-0.39, 0.29) is 49.3 Å². The van der Waals surface area contributed by atoms with Crippen LogP contribution < -0.4 is 0 Å². The Morgan fingerprint density at radius 2 is 1.60 bits per heavy atom. The van der Waals surface area contributed by atoms with Crippen LogP contribution >= 0.6 is 0 Å². The molecule has 0 spiro atoms. The van der Waals surface area contributed by atoms with E-state index in [0.29, 0.717) is 63.4 Å². The molecule has 3 aliphatic heterocycles. The van der Waals surface area contributed by atoms with Gasteiger partial charge in [-0.05, 0) is 101 Å². The number of amides is 1. The van der Waals surface area contributed by atoms with E-state index in [2.05, 4.69) is 13.5 Å². The van der Waals surface area contributed by atoms with Crippen molar-refractivity contribution in [2.24, 2.45) is 35.5 Å². The minimum absolute atomic E-state index is 0.0493. The van der Waals surface area contributed by atoms with Gasteiger partial charge in [0, 0.05) is 37.8 Å². The van der Waals surface area contributed by atoms with Crippen LogP contribution in [0, 0.1) is 35.5 Å². The van der Waals surface area contributed by atoms with Crippen molar-refractivity contribution in [1.29, 1.82) is 0 Å². The Labute approximate surface area is 326 Å². The van der Waals surface area contributed by atoms with Crippen molar-refractivity contribution in [3.05, 3.63) is 24.3 Å². The van der Waals surface area contributed by atoms with Crippen LogP contribution in [-0.2, 0) is 33.4 Å². The molecule has 4 aliphatic rings. The van der Waals surface area contributed by atoms with Gasteiger partial charge in [-0.1, -0.05) is 39.8 Å². The maximum atomic E-state index is 14.2. The second-order valence-electron chi connectivity index (χ2n) is 17.3. The van der Waals surface area contributed by atoms with Crippen LogP contribution in [0.15, 0.2) is 24.3 Å². The molecular formula is C42H67NO12. The van der Waals surface area contributed by atoms with E-state index < -0.39 is 90.0 Å². The lowest BCUT2D eigenvalue weighted by Crippen LogP contribution is -2.57. The normalized spacial score (nSPS) is 42.5. The topological polar surface area (TPSA) is 200 Å². The summed E-state index contributed by atoms with van der Waals surface area (Å²) in [5.41, 5.74) is 0.590. The first-order chi connectivity index (χ1) is 25.9. The number of fused-ring (bicyclic) bond motifs is 3. The number of Topliss-reactive ketones (excluding diaryl/α,β-unsaturated/α-hetero) is 2. The lowest BCUT2D eigenvalue weighted by Gasteiger charge is -2.38. The van der Waals surface area contributed by atoms with Crippen LogP contribution in [0.25, 0.3) is 0 Å². The predicted octanol–water partition coefficient (Wildman–Crippen LogP) is 3.41. The van der Waals surface area contributed by atoms with Crippen LogP contribution in [0.5, 0.6) is 0 Å². The zero-order chi connectivity index (χ0) is 40.8. The van der Waals surface area contributed by atoms with Gasteiger partial charge in [-0.2, -0.15) is 0 Å². The summed E-state index contributed by atoms with van der Waals surface area (Å²) in [4.78, 5) is 57.0. The van der Waals surface area contributed by atoms with Crippen molar-refractivity contribution >= 4 is 23.4 Å². The van der Waals surface area contributed by atoms with Gasteiger partial charge in [-0.15, -0.1) is 6.58 Å². The van der Waals surface area contributed by atoms with Gasteiger partial charge in [0.05, 0.1) is 30.5 Å². The molecule has 3 heterocycles. The number of nitrogens with zero attached hydrogens (tertiary/aromatic N) is 1. The zero-order valence-corrected chi connectivity index (χ0v) is 33.7. The van der Waals surface area contributed by atoms with Gasteiger partial charge in [0.1, 0.15) is 24.0 Å². The molecular weight excluding hydrogens is 710 g/mol. The molecule has 55 heavy (non-hydrogen) atoms. The van der Waals surface area contributed by atoms with Crippen molar-refractivity contribution < 1.29 is 58.9 Å². The molecule has 1 saturated carbocycles. The number of carbonyl (C=O) groups is 4. The molecule has 15 atom stereocenters. The fourth-order valence-electron chi connectivity index (χ4n) is 9.39. The largest absolute Gasteiger partial charge is 0.456 e. The van der Waals surface area contributed by atoms with E-state index in [1.807, 2.05) is 13.0 Å².